The van der Waals surface area contributed by atoms with E-state index in [9.17, 15) is 0 Å². The van der Waals surface area contributed by atoms with Crippen LogP contribution in [0.1, 0.15) is 12.5 Å². The normalized spacial score (nSPS) is 12.5. The average Bonchev–Trinajstić information content (AvgIpc) is 2.20. The van der Waals surface area contributed by atoms with Gasteiger partial charge in [-0.15, -0.1) is 0 Å². The van der Waals surface area contributed by atoms with E-state index in [0.717, 1.165) is 12.0 Å². The van der Waals surface area contributed by atoms with E-state index in [4.69, 9.17) is 26.8 Å². The van der Waals surface area contributed by atoms with Crippen molar-refractivity contribution in [1.82, 2.24) is 0 Å². The van der Waals surface area contributed by atoms with Crippen LogP contribution < -0.4 is 10.5 Å². The summed E-state index contributed by atoms with van der Waals surface area (Å²) in [4.78, 5) is 0. The molecule has 0 saturated carbocycles. The highest BCUT2D eigenvalue weighted by molar-refractivity contribution is 6.32. The summed E-state index contributed by atoms with van der Waals surface area (Å²) in [5.74, 6) is 0.687. The molecule has 3 nitrogen and oxygen atoms in total. The fraction of sp³-hybridized carbons (Fsp3) is 0.500. The molecule has 0 aromatic heterocycles. The third-order valence-corrected chi connectivity index (χ3v) is 2.39. The molecule has 90 valence electrons. The molecule has 1 atom stereocenters. The van der Waals surface area contributed by atoms with E-state index in [-0.39, 0.29) is 6.04 Å². The maximum Gasteiger partial charge on any atom is 0.138 e. The molecule has 1 rings (SSSR count). The first kappa shape index (κ1) is 13.3. The molecule has 1 aromatic rings. The van der Waals surface area contributed by atoms with Gasteiger partial charge >= 0.3 is 0 Å². The summed E-state index contributed by atoms with van der Waals surface area (Å²) in [5, 5.41) is 0.620. The number of hydrogen-bond donors (Lipinski definition) is 1. The molecule has 0 heterocycles. The van der Waals surface area contributed by atoms with Crippen molar-refractivity contribution in [3.05, 3.63) is 28.8 Å². The Balaban J connectivity index is 2.60. The van der Waals surface area contributed by atoms with Gasteiger partial charge in [-0.05, 0) is 31.0 Å². The lowest BCUT2D eigenvalue weighted by atomic mass is 10.1. The Morgan fingerprint density at radius 2 is 2.12 bits per heavy atom. The van der Waals surface area contributed by atoms with E-state index >= 15 is 0 Å². The predicted molar refractivity (Wildman–Crippen MR) is 66.2 cm³/mol. The summed E-state index contributed by atoms with van der Waals surface area (Å²) in [6, 6.07) is 5.89. The molecule has 16 heavy (non-hydrogen) atoms. The Labute approximate surface area is 101 Å². The summed E-state index contributed by atoms with van der Waals surface area (Å²) >= 11 is 6.09. The van der Waals surface area contributed by atoms with Crippen molar-refractivity contribution < 1.29 is 9.47 Å². The molecular weight excluding hydrogens is 226 g/mol. The van der Waals surface area contributed by atoms with Crippen molar-refractivity contribution in [1.29, 1.82) is 0 Å². The van der Waals surface area contributed by atoms with E-state index < -0.39 is 0 Å². The van der Waals surface area contributed by atoms with Crippen LogP contribution in [0, 0.1) is 0 Å². The SMILES string of the molecule is COCCOc1ccc(CC(C)N)cc1Cl. The zero-order valence-electron chi connectivity index (χ0n) is 9.70. The Bertz CT molecular complexity index is 329. The molecule has 0 amide bonds. The first-order chi connectivity index (χ1) is 7.63. The minimum Gasteiger partial charge on any atom is -0.490 e. The minimum atomic E-state index is 0.135. The van der Waals surface area contributed by atoms with E-state index in [0.29, 0.717) is 24.0 Å². The molecule has 0 aliphatic heterocycles. The van der Waals surface area contributed by atoms with Crippen molar-refractivity contribution in [2.75, 3.05) is 20.3 Å². The molecule has 0 saturated heterocycles. The van der Waals surface area contributed by atoms with Gasteiger partial charge in [0.15, 0.2) is 0 Å². The van der Waals surface area contributed by atoms with Crippen molar-refractivity contribution in [3.8, 4) is 5.75 Å². The summed E-state index contributed by atoms with van der Waals surface area (Å²) in [6.45, 7) is 3.03. The first-order valence-corrected chi connectivity index (χ1v) is 5.67. The van der Waals surface area contributed by atoms with Crippen LogP contribution in [-0.4, -0.2) is 26.4 Å². The fourth-order valence-corrected chi connectivity index (χ4v) is 1.65. The maximum atomic E-state index is 6.09. The highest BCUT2D eigenvalue weighted by atomic mass is 35.5. The van der Waals surface area contributed by atoms with E-state index in [1.54, 1.807) is 7.11 Å². The van der Waals surface area contributed by atoms with Crippen LogP contribution in [0.5, 0.6) is 5.75 Å². The Kier molecular flexibility index (Phi) is 5.60. The lowest BCUT2D eigenvalue weighted by molar-refractivity contribution is 0.146. The number of benzene rings is 1. The monoisotopic (exact) mass is 243 g/mol. The van der Waals surface area contributed by atoms with E-state index in [1.807, 2.05) is 25.1 Å². The van der Waals surface area contributed by atoms with Gasteiger partial charge < -0.3 is 15.2 Å². The van der Waals surface area contributed by atoms with Gasteiger partial charge in [-0.25, -0.2) is 0 Å². The van der Waals surface area contributed by atoms with Crippen LogP contribution >= 0.6 is 11.6 Å². The van der Waals surface area contributed by atoms with Gasteiger partial charge in [0.2, 0.25) is 0 Å². The Morgan fingerprint density at radius 1 is 1.38 bits per heavy atom. The molecule has 0 fully saturated rings. The average molecular weight is 244 g/mol. The second kappa shape index (κ2) is 6.74. The molecule has 4 heteroatoms. The summed E-state index contributed by atoms with van der Waals surface area (Å²) in [5.41, 5.74) is 6.84. The third-order valence-electron chi connectivity index (χ3n) is 2.10. The van der Waals surface area contributed by atoms with Gasteiger partial charge in [0.05, 0.1) is 11.6 Å². The fourth-order valence-electron chi connectivity index (χ4n) is 1.40. The van der Waals surface area contributed by atoms with Gasteiger partial charge in [-0.3, -0.25) is 0 Å². The van der Waals surface area contributed by atoms with Crippen LogP contribution in [0.3, 0.4) is 0 Å². The molecule has 0 spiro atoms. The summed E-state index contributed by atoms with van der Waals surface area (Å²) in [7, 11) is 1.64. The van der Waals surface area contributed by atoms with Crippen LogP contribution in [-0.2, 0) is 11.2 Å². The minimum absolute atomic E-state index is 0.135. The van der Waals surface area contributed by atoms with Gasteiger partial charge in [-0.1, -0.05) is 17.7 Å². The second-order valence-corrected chi connectivity index (χ2v) is 4.19. The number of nitrogens with two attached hydrogens (primary N) is 1. The highest BCUT2D eigenvalue weighted by Gasteiger charge is 2.04. The standard InChI is InChI=1S/C12H18ClNO2/c1-9(14)7-10-3-4-12(11(13)8-10)16-6-5-15-2/h3-4,8-9H,5-7,14H2,1-2H3. The third kappa shape index (κ3) is 4.39. The second-order valence-electron chi connectivity index (χ2n) is 3.79. The van der Waals surface area contributed by atoms with E-state index in [2.05, 4.69) is 0 Å². The maximum absolute atomic E-state index is 6.09. The molecule has 2 N–H and O–H groups in total. The molecule has 1 aromatic carbocycles. The lowest BCUT2D eigenvalue weighted by Crippen LogP contribution is -2.17. The molecule has 0 bridgehead atoms. The topological polar surface area (TPSA) is 44.5 Å². The number of rotatable bonds is 6. The van der Waals surface area contributed by atoms with E-state index in [1.165, 1.54) is 0 Å². The van der Waals surface area contributed by atoms with Crippen LogP contribution in [0.4, 0.5) is 0 Å². The van der Waals surface area contributed by atoms with Crippen LogP contribution in [0.25, 0.3) is 0 Å². The van der Waals surface area contributed by atoms with Crippen molar-refractivity contribution in [2.45, 2.75) is 19.4 Å². The van der Waals surface area contributed by atoms with Crippen molar-refractivity contribution >= 4 is 11.6 Å². The summed E-state index contributed by atoms with van der Waals surface area (Å²) < 4.78 is 10.3. The van der Waals surface area contributed by atoms with Gasteiger partial charge in [0.25, 0.3) is 0 Å². The highest BCUT2D eigenvalue weighted by Crippen LogP contribution is 2.25. The first-order valence-electron chi connectivity index (χ1n) is 5.29. The molecule has 1 unspecified atom stereocenters. The predicted octanol–water partition coefficient (Wildman–Crippen LogP) is 2.25. The summed E-state index contributed by atoms with van der Waals surface area (Å²) in [6.07, 6.45) is 0.818. The van der Waals surface area contributed by atoms with Gasteiger partial charge in [0, 0.05) is 13.2 Å². The van der Waals surface area contributed by atoms with Gasteiger partial charge in [0.1, 0.15) is 12.4 Å². The zero-order chi connectivity index (χ0) is 12.0. The van der Waals surface area contributed by atoms with Gasteiger partial charge in [-0.2, -0.15) is 0 Å². The molecular formula is C12H18ClNO2. The van der Waals surface area contributed by atoms with Crippen LogP contribution in [0.2, 0.25) is 5.02 Å². The molecule has 0 aliphatic carbocycles. The molecule has 0 radical (unpaired) electrons. The van der Waals surface area contributed by atoms with Crippen molar-refractivity contribution in [2.24, 2.45) is 5.73 Å². The number of methoxy groups -OCH3 is 1. The smallest absolute Gasteiger partial charge is 0.138 e. The largest absolute Gasteiger partial charge is 0.490 e. The van der Waals surface area contributed by atoms with Crippen molar-refractivity contribution in [3.63, 3.8) is 0 Å². The lowest BCUT2D eigenvalue weighted by Gasteiger charge is -2.10. The van der Waals surface area contributed by atoms with Crippen LogP contribution in [0.15, 0.2) is 18.2 Å². The quantitative estimate of drug-likeness (QED) is 0.780. The Morgan fingerprint density at radius 3 is 2.69 bits per heavy atom. The number of halogens is 1. The zero-order valence-corrected chi connectivity index (χ0v) is 10.5. The Hall–Kier alpha value is -0.770. The molecule has 0 aliphatic rings. The number of ether oxygens (including phenoxy) is 2. The number of hydrogen-bond acceptors (Lipinski definition) is 3.